The summed E-state index contributed by atoms with van der Waals surface area (Å²) in [5.74, 6) is -0.276. The molecule has 2 aromatic rings. The standard InChI is InChI=1S/C16H14Cl2F2/c17-10-16(11-18,13-5-3-6-14(19)8-13)9-12-4-1-2-7-15(12)20/h1-8H,9-11H2. The first-order valence-corrected chi connectivity index (χ1v) is 7.29. The van der Waals surface area contributed by atoms with E-state index in [2.05, 4.69) is 0 Å². The maximum absolute atomic E-state index is 13.8. The molecular weight excluding hydrogens is 301 g/mol. The molecular formula is C16H14Cl2F2. The molecule has 2 rings (SSSR count). The molecule has 0 radical (unpaired) electrons. The molecule has 0 aliphatic heterocycles. The summed E-state index contributed by atoms with van der Waals surface area (Å²) in [5, 5.41) is 0. The minimum Gasteiger partial charge on any atom is -0.207 e. The van der Waals surface area contributed by atoms with Crippen molar-refractivity contribution in [3.05, 3.63) is 71.3 Å². The Bertz CT molecular complexity index is 580. The van der Waals surface area contributed by atoms with Crippen molar-refractivity contribution in [2.45, 2.75) is 11.8 Å². The van der Waals surface area contributed by atoms with E-state index in [9.17, 15) is 8.78 Å². The van der Waals surface area contributed by atoms with E-state index in [1.807, 2.05) is 0 Å². The van der Waals surface area contributed by atoms with Gasteiger partial charge in [0.2, 0.25) is 0 Å². The van der Waals surface area contributed by atoms with Crippen LogP contribution in [-0.4, -0.2) is 11.8 Å². The summed E-state index contributed by atoms with van der Waals surface area (Å²) in [5.41, 5.74) is 0.525. The summed E-state index contributed by atoms with van der Waals surface area (Å²) in [6.45, 7) is 0. The molecule has 0 saturated carbocycles. The molecule has 0 fully saturated rings. The summed E-state index contributed by atoms with van der Waals surface area (Å²) in [6, 6.07) is 12.6. The molecule has 0 aliphatic rings. The van der Waals surface area contributed by atoms with E-state index in [4.69, 9.17) is 23.2 Å². The summed E-state index contributed by atoms with van der Waals surface area (Å²) >= 11 is 12.2. The number of rotatable bonds is 5. The zero-order valence-electron chi connectivity index (χ0n) is 10.8. The largest absolute Gasteiger partial charge is 0.207 e. The molecule has 20 heavy (non-hydrogen) atoms. The lowest BCUT2D eigenvalue weighted by atomic mass is 9.78. The van der Waals surface area contributed by atoms with Crippen LogP contribution >= 0.6 is 23.2 Å². The van der Waals surface area contributed by atoms with Crippen LogP contribution in [0.2, 0.25) is 0 Å². The van der Waals surface area contributed by atoms with Crippen molar-refractivity contribution in [1.29, 1.82) is 0 Å². The second-order valence-electron chi connectivity index (χ2n) is 4.83. The summed E-state index contributed by atoms with van der Waals surface area (Å²) in [7, 11) is 0. The first-order chi connectivity index (χ1) is 9.61. The minimum absolute atomic E-state index is 0.189. The third kappa shape index (κ3) is 3.13. The second kappa shape index (κ2) is 6.55. The molecule has 0 aliphatic carbocycles. The highest BCUT2D eigenvalue weighted by molar-refractivity contribution is 6.22. The lowest BCUT2D eigenvalue weighted by Crippen LogP contribution is -2.33. The van der Waals surface area contributed by atoms with Gasteiger partial charge in [0.1, 0.15) is 11.6 Å². The van der Waals surface area contributed by atoms with Crippen LogP contribution in [0.15, 0.2) is 48.5 Å². The molecule has 2 aromatic carbocycles. The molecule has 0 saturated heterocycles. The van der Waals surface area contributed by atoms with Gasteiger partial charge in [-0.1, -0.05) is 30.3 Å². The number of hydrogen-bond donors (Lipinski definition) is 0. The smallest absolute Gasteiger partial charge is 0.126 e. The summed E-state index contributed by atoms with van der Waals surface area (Å²) < 4.78 is 27.3. The molecule has 4 heteroatoms. The lowest BCUT2D eigenvalue weighted by Gasteiger charge is -2.30. The predicted octanol–water partition coefficient (Wildman–Crippen LogP) is 4.92. The number of halogens is 4. The van der Waals surface area contributed by atoms with Crippen LogP contribution in [0.25, 0.3) is 0 Å². The van der Waals surface area contributed by atoms with E-state index in [0.717, 1.165) is 0 Å². The average Bonchev–Trinajstić information content (AvgIpc) is 2.47. The SMILES string of the molecule is Fc1cccc(C(CCl)(CCl)Cc2ccccc2F)c1. The zero-order valence-corrected chi connectivity index (χ0v) is 12.3. The van der Waals surface area contributed by atoms with Gasteiger partial charge < -0.3 is 0 Å². The van der Waals surface area contributed by atoms with Crippen LogP contribution < -0.4 is 0 Å². The maximum atomic E-state index is 13.8. The summed E-state index contributed by atoms with van der Waals surface area (Å²) in [4.78, 5) is 0. The van der Waals surface area contributed by atoms with Crippen molar-refractivity contribution in [3.8, 4) is 0 Å². The minimum atomic E-state index is -0.687. The van der Waals surface area contributed by atoms with Gasteiger partial charge in [0.05, 0.1) is 0 Å². The molecule has 0 nitrogen and oxygen atoms in total. The highest BCUT2D eigenvalue weighted by Gasteiger charge is 2.32. The van der Waals surface area contributed by atoms with Gasteiger partial charge in [-0.05, 0) is 35.7 Å². The van der Waals surface area contributed by atoms with E-state index in [1.165, 1.54) is 18.2 Å². The third-order valence-corrected chi connectivity index (χ3v) is 4.46. The molecule has 0 N–H and O–H groups in total. The lowest BCUT2D eigenvalue weighted by molar-refractivity contribution is 0.507. The topological polar surface area (TPSA) is 0 Å². The first kappa shape index (κ1) is 15.3. The number of benzene rings is 2. The number of hydrogen-bond acceptors (Lipinski definition) is 0. The Morgan fingerprint density at radius 1 is 0.900 bits per heavy atom. The fourth-order valence-corrected chi connectivity index (χ4v) is 2.99. The van der Waals surface area contributed by atoms with Gasteiger partial charge in [0, 0.05) is 17.2 Å². The fraction of sp³-hybridized carbons (Fsp3) is 0.250. The molecule has 0 amide bonds. The molecule has 0 aromatic heterocycles. The molecule has 0 bridgehead atoms. The van der Waals surface area contributed by atoms with Crippen LogP contribution in [0, 0.1) is 11.6 Å². The van der Waals surface area contributed by atoms with Crippen molar-refractivity contribution in [2.24, 2.45) is 0 Å². The van der Waals surface area contributed by atoms with E-state index in [1.54, 1.807) is 30.3 Å². The van der Waals surface area contributed by atoms with Crippen molar-refractivity contribution in [3.63, 3.8) is 0 Å². The molecule has 0 unspecified atom stereocenters. The molecule has 106 valence electrons. The first-order valence-electron chi connectivity index (χ1n) is 6.23. The van der Waals surface area contributed by atoms with Gasteiger partial charge in [0.15, 0.2) is 0 Å². The van der Waals surface area contributed by atoms with Crippen LogP contribution in [0.4, 0.5) is 8.78 Å². The average molecular weight is 315 g/mol. The molecule has 0 spiro atoms. The Labute approximate surface area is 127 Å². The van der Waals surface area contributed by atoms with Gasteiger partial charge in [-0.25, -0.2) is 8.78 Å². The van der Waals surface area contributed by atoms with Gasteiger partial charge in [-0.3, -0.25) is 0 Å². The molecule has 0 atom stereocenters. The van der Waals surface area contributed by atoms with Crippen molar-refractivity contribution in [1.82, 2.24) is 0 Å². The Morgan fingerprint density at radius 2 is 1.60 bits per heavy atom. The highest BCUT2D eigenvalue weighted by Crippen LogP contribution is 2.32. The highest BCUT2D eigenvalue weighted by atomic mass is 35.5. The van der Waals surface area contributed by atoms with Gasteiger partial charge in [-0.15, -0.1) is 23.2 Å². The quantitative estimate of drug-likeness (QED) is 0.687. The van der Waals surface area contributed by atoms with Crippen molar-refractivity contribution < 1.29 is 8.78 Å². The molecule has 0 heterocycles. The Morgan fingerprint density at radius 3 is 2.20 bits per heavy atom. The van der Waals surface area contributed by atoms with Crippen LogP contribution in [0.1, 0.15) is 11.1 Å². The predicted molar refractivity (Wildman–Crippen MR) is 79.6 cm³/mol. The van der Waals surface area contributed by atoms with E-state index >= 15 is 0 Å². The Kier molecular flexibility index (Phi) is 5.00. The maximum Gasteiger partial charge on any atom is 0.126 e. The van der Waals surface area contributed by atoms with E-state index < -0.39 is 5.41 Å². The second-order valence-corrected chi connectivity index (χ2v) is 5.36. The summed E-state index contributed by atoms with van der Waals surface area (Å²) in [6.07, 6.45) is 0.329. The van der Waals surface area contributed by atoms with Gasteiger partial charge >= 0.3 is 0 Å². The van der Waals surface area contributed by atoms with Gasteiger partial charge in [0.25, 0.3) is 0 Å². The number of alkyl halides is 2. The third-order valence-electron chi connectivity index (χ3n) is 3.44. The zero-order chi connectivity index (χ0) is 14.6. The fourth-order valence-electron chi connectivity index (χ4n) is 2.21. The Hall–Kier alpha value is -1.12. The van der Waals surface area contributed by atoms with E-state index in [0.29, 0.717) is 17.5 Å². The normalized spacial score (nSPS) is 11.6. The van der Waals surface area contributed by atoms with Gasteiger partial charge in [-0.2, -0.15) is 0 Å². The van der Waals surface area contributed by atoms with Crippen molar-refractivity contribution in [2.75, 3.05) is 11.8 Å². The van der Waals surface area contributed by atoms with E-state index in [-0.39, 0.29) is 23.4 Å². The monoisotopic (exact) mass is 314 g/mol. The Balaban J connectivity index is 2.42. The van der Waals surface area contributed by atoms with Crippen LogP contribution in [0.5, 0.6) is 0 Å². The van der Waals surface area contributed by atoms with Crippen molar-refractivity contribution >= 4 is 23.2 Å². The van der Waals surface area contributed by atoms with Crippen LogP contribution in [0.3, 0.4) is 0 Å². The van der Waals surface area contributed by atoms with Crippen LogP contribution in [-0.2, 0) is 11.8 Å².